The van der Waals surface area contributed by atoms with Crippen molar-refractivity contribution >= 4 is 15.9 Å². The summed E-state index contributed by atoms with van der Waals surface area (Å²) in [4.78, 5) is 0. The zero-order valence-electron chi connectivity index (χ0n) is 9.77. The van der Waals surface area contributed by atoms with E-state index >= 15 is 0 Å². The highest BCUT2D eigenvalue weighted by molar-refractivity contribution is 9.10. The molecular formula is C15H13BrO2. The number of benzene rings is 2. The molecule has 2 nitrogen and oxygen atoms in total. The lowest BCUT2D eigenvalue weighted by Crippen LogP contribution is -2.00. The highest BCUT2D eigenvalue weighted by Gasteiger charge is 2.16. The van der Waals surface area contributed by atoms with Crippen molar-refractivity contribution in [3.05, 3.63) is 69.2 Å². The Labute approximate surface area is 114 Å². The lowest BCUT2D eigenvalue weighted by Gasteiger charge is -2.13. The van der Waals surface area contributed by atoms with Gasteiger partial charge in [0.15, 0.2) is 0 Å². The van der Waals surface area contributed by atoms with Gasteiger partial charge in [0.1, 0.15) is 6.10 Å². The van der Waals surface area contributed by atoms with E-state index < -0.39 is 6.10 Å². The average Bonchev–Trinajstić information content (AvgIpc) is 2.85. The molecule has 1 aliphatic rings. The molecule has 18 heavy (non-hydrogen) atoms. The third-order valence-electron chi connectivity index (χ3n) is 3.23. The lowest BCUT2D eigenvalue weighted by molar-refractivity contribution is 0.134. The molecule has 0 saturated carbocycles. The van der Waals surface area contributed by atoms with Gasteiger partial charge in [0.05, 0.1) is 13.2 Å². The summed E-state index contributed by atoms with van der Waals surface area (Å²) in [6, 6.07) is 13.8. The van der Waals surface area contributed by atoms with Crippen LogP contribution < -0.4 is 0 Å². The Morgan fingerprint density at radius 1 is 1.00 bits per heavy atom. The van der Waals surface area contributed by atoms with Crippen molar-refractivity contribution in [2.24, 2.45) is 0 Å². The summed E-state index contributed by atoms with van der Waals surface area (Å²) < 4.78 is 6.36. The van der Waals surface area contributed by atoms with E-state index in [-0.39, 0.29) is 0 Å². The zero-order valence-corrected chi connectivity index (χ0v) is 11.4. The number of hydrogen-bond donors (Lipinski definition) is 1. The molecule has 0 amide bonds. The molecule has 2 aromatic carbocycles. The molecule has 1 atom stereocenters. The Balaban J connectivity index is 1.95. The van der Waals surface area contributed by atoms with Gasteiger partial charge in [0.25, 0.3) is 0 Å². The van der Waals surface area contributed by atoms with Gasteiger partial charge in [-0.05, 0) is 34.4 Å². The van der Waals surface area contributed by atoms with Crippen LogP contribution in [0.2, 0.25) is 0 Å². The molecule has 0 fully saturated rings. The summed E-state index contributed by atoms with van der Waals surface area (Å²) in [6.45, 7) is 1.33. The van der Waals surface area contributed by atoms with E-state index in [0.29, 0.717) is 13.2 Å². The highest BCUT2D eigenvalue weighted by Crippen LogP contribution is 2.28. The Morgan fingerprint density at radius 3 is 2.61 bits per heavy atom. The normalized spacial score (nSPS) is 15.4. The number of ether oxygens (including phenoxy) is 1. The third-order valence-corrected chi connectivity index (χ3v) is 3.72. The predicted octanol–water partition coefficient (Wildman–Crippen LogP) is 3.56. The molecule has 1 aliphatic heterocycles. The standard InChI is InChI=1S/C15H13BrO2/c16-14-3-1-2-10(7-14)15(17)11-4-5-12-8-18-9-13(12)6-11/h1-7,15,17H,8-9H2. The molecule has 1 N–H and O–H groups in total. The minimum Gasteiger partial charge on any atom is -0.384 e. The number of aliphatic hydroxyl groups is 1. The molecule has 0 bridgehead atoms. The molecule has 3 rings (SSSR count). The van der Waals surface area contributed by atoms with Crippen molar-refractivity contribution in [1.82, 2.24) is 0 Å². The molecule has 0 aromatic heterocycles. The van der Waals surface area contributed by atoms with Gasteiger partial charge < -0.3 is 9.84 Å². The number of aliphatic hydroxyl groups excluding tert-OH is 1. The van der Waals surface area contributed by atoms with Crippen molar-refractivity contribution in [2.45, 2.75) is 19.3 Å². The maximum Gasteiger partial charge on any atom is 0.104 e. The Kier molecular flexibility index (Phi) is 3.20. The second kappa shape index (κ2) is 4.84. The van der Waals surface area contributed by atoms with Gasteiger partial charge in [-0.1, -0.05) is 46.3 Å². The second-order valence-corrected chi connectivity index (χ2v) is 5.39. The SMILES string of the molecule is OC(c1cccc(Br)c1)c1ccc2c(c1)COC2. The third kappa shape index (κ3) is 2.21. The second-order valence-electron chi connectivity index (χ2n) is 4.48. The molecule has 1 heterocycles. The molecule has 2 aromatic rings. The van der Waals surface area contributed by atoms with E-state index in [9.17, 15) is 5.11 Å². The van der Waals surface area contributed by atoms with Gasteiger partial charge in [-0.2, -0.15) is 0 Å². The summed E-state index contributed by atoms with van der Waals surface area (Å²) in [6.07, 6.45) is -0.589. The Bertz CT molecular complexity index is 580. The van der Waals surface area contributed by atoms with Crippen molar-refractivity contribution in [2.75, 3.05) is 0 Å². The fraction of sp³-hybridized carbons (Fsp3) is 0.200. The number of hydrogen-bond acceptors (Lipinski definition) is 2. The molecule has 0 radical (unpaired) electrons. The number of halogens is 1. The van der Waals surface area contributed by atoms with Crippen LogP contribution in [-0.2, 0) is 18.0 Å². The summed E-state index contributed by atoms with van der Waals surface area (Å²) in [7, 11) is 0. The van der Waals surface area contributed by atoms with Crippen LogP contribution in [0.3, 0.4) is 0 Å². The van der Waals surface area contributed by atoms with Crippen molar-refractivity contribution in [3.63, 3.8) is 0 Å². The van der Waals surface area contributed by atoms with E-state index in [4.69, 9.17) is 4.74 Å². The first-order valence-corrected chi connectivity index (χ1v) is 6.66. The first kappa shape index (κ1) is 11.9. The Hall–Kier alpha value is -1.16. The van der Waals surface area contributed by atoms with Gasteiger partial charge in [0.2, 0.25) is 0 Å². The maximum atomic E-state index is 10.4. The van der Waals surface area contributed by atoms with Gasteiger partial charge in [-0.15, -0.1) is 0 Å². The van der Waals surface area contributed by atoms with E-state index in [0.717, 1.165) is 15.6 Å². The molecule has 0 spiro atoms. The summed E-state index contributed by atoms with van der Waals surface area (Å²) >= 11 is 3.42. The molecule has 1 unspecified atom stereocenters. The van der Waals surface area contributed by atoms with E-state index in [1.165, 1.54) is 11.1 Å². The van der Waals surface area contributed by atoms with Crippen LogP contribution in [0.5, 0.6) is 0 Å². The first-order chi connectivity index (χ1) is 8.74. The molecular weight excluding hydrogens is 292 g/mol. The van der Waals surface area contributed by atoms with Gasteiger partial charge >= 0.3 is 0 Å². The number of fused-ring (bicyclic) bond motifs is 1. The molecule has 0 aliphatic carbocycles. The first-order valence-electron chi connectivity index (χ1n) is 5.87. The van der Waals surface area contributed by atoms with Crippen LogP contribution >= 0.6 is 15.9 Å². The van der Waals surface area contributed by atoms with Crippen LogP contribution in [0.15, 0.2) is 46.9 Å². The van der Waals surface area contributed by atoms with E-state index in [1.807, 2.05) is 42.5 Å². The van der Waals surface area contributed by atoms with Crippen LogP contribution in [0.1, 0.15) is 28.4 Å². The van der Waals surface area contributed by atoms with Gasteiger partial charge in [0, 0.05) is 4.47 Å². The molecule has 3 heteroatoms. The largest absolute Gasteiger partial charge is 0.384 e. The lowest BCUT2D eigenvalue weighted by atomic mass is 9.98. The average molecular weight is 305 g/mol. The van der Waals surface area contributed by atoms with Crippen LogP contribution in [0.4, 0.5) is 0 Å². The highest BCUT2D eigenvalue weighted by atomic mass is 79.9. The summed E-state index contributed by atoms with van der Waals surface area (Å²) in [5, 5.41) is 10.4. The molecule has 0 saturated heterocycles. The fourth-order valence-electron chi connectivity index (χ4n) is 2.23. The van der Waals surface area contributed by atoms with Gasteiger partial charge in [-0.25, -0.2) is 0 Å². The van der Waals surface area contributed by atoms with Crippen LogP contribution in [-0.4, -0.2) is 5.11 Å². The van der Waals surface area contributed by atoms with E-state index in [1.54, 1.807) is 0 Å². The van der Waals surface area contributed by atoms with E-state index in [2.05, 4.69) is 15.9 Å². The summed E-state index contributed by atoms with van der Waals surface area (Å²) in [5.74, 6) is 0. The van der Waals surface area contributed by atoms with Crippen LogP contribution in [0.25, 0.3) is 0 Å². The van der Waals surface area contributed by atoms with Crippen molar-refractivity contribution in [1.29, 1.82) is 0 Å². The van der Waals surface area contributed by atoms with Crippen molar-refractivity contribution in [3.8, 4) is 0 Å². The number of rotatable bonds is 2. The van der Waals surface area contributed by atoms with Crippen LogP contribution in [0, 0.1) is 0 Å². The monoisotopic (exact) mass is 304 g/mol. The quantitative estimate of drug-likeness (QED) is 0.919. The zero-order chi connectivity index (χ0) is 12.5. The van der Waals surface area contributed by atoms with Gasteiger partial charge in [-0.3, -0.25) is 0 Å². The summed E-state index contributed by atoms with van der Waals surface area (Å²) in [5.41, 5.74) is 4.21. The minimum atomic E-state index is -0.589. The predicted molar refractivity (Wildman–Crippen MR) is 73.1 cm³/mol. The maximum absolute atomic E-state index is 10.4. The van der Waals surface area contributed by atoms with Crippen molar-refractivity contribution < 1.29 is 9.84 Å². The molecule has 92 valence electrons. The smallest absolute Gasteiger partial charge is 0.104 e. The Morgan fingerprint density at radius 2 is 1.78 bits per heavy atom. The topological polar surface area (TPSA) is 29.5 Å². The minimum absolute atomic E-state index is 0.589. The fourth-order valence-corrected chi connectivity index (χ4v) is 2.65.